The third-order valence-corrected chi connectivity index (χ3v) is 3.80. The molecule has 5 nitrogen and oxygen atoms in total. The Kier molecular flexibility index (Phi) is 5.19. The van der Waals surface area contributed by atoms with Crippen LogP contribution in [0.1, 0.15) is 19.2 Å². The van der Waals surface area contributed by atoms with Crippen molar-refractivity contribution in [1.29, 1.82) is 0 Å². The smallest absolute Gasteiger partial charge is 0.313 e. The monoisotopic (exact) mass is 329 g/mol. The average Bonchev–Trinajstić information content (AvgIpc) is 2.82. The van der Waals surface area contributed by atoms with Crippen molar-refractivity contribution in [2.75, 3.05) is 5.75 Å². The first kappa shape index (κ1) is 15.8. The molecule has 0 aliphatic rings. The molecule has 112 valence electrons. The van der Waals surface area contributed by atoms with Gasteiger partial charge < -0.3 is 5.11 Å². The lowest BCUT2D eigenvalue weighted by Crippen LogP contribution is -2.06. The topological polar surface area (TPSA) is 68.0 Å². The molecular weight excluding hydrogens is 317 g/mol. The number of benzene rings is 1. The average molecular weight is 330 g/mol. The molecule has 2 rings (SSSR count). The zero-order chi connectivity index (χ0) is 15.4. The Labute approximate surface area is 130 Å². The zero-order valence-electron chi connectivity index (χ0n) is 11.2. The zero-order valence-corrected chi connectivity index (χ0v) is 12.8. The first-order valence-electron chi connectivity index (χ1n) is 6.27. The minimum atomic E-state index is -0.974. The van der Waals surface area contributed by atoms with E-state index in [2.05, 4.69) is 10.2 Å². The fourth-order valence-corrected chi connectivity index (χ4v) is 2.66. The molecule has 2 aromatic rings. The summed E-state index contributed by atoms with van der Waals surface area (Å²) in [7, 11) is 0. The summed E-state index contributed by atoms with van der Waals surface area (Å²) in [5, 5.41) is 17.5. The molecule has 0 atom stereocenters. The number of hydrogen-bond donors (Lipinski definition) is 1. The molecule has 1 aromatic carbocycles. The molecule has 0 unspecified atom stereocenters. The van der Waals surface area contributed by atoms with Gasteiger partial charge in [-0.15, -0.1) is 10.2 Å². The number of aryl methyl sites for hydroxylation is 1. The normalized spacial score (nSPS) is 10.8. The van der Waals surface area contributed by atoms with Gasteiger partial charge >= 0.3 is 5.97 Å². The molecule has 0 saturated heterocycles. The number of thioether (sulfide) groups is 1. The number of carboxylic acid groups (broad SMARTS) is 1. The number of halogens is 2. The highest BCUT2D eigenvalue weighted by Crippen LogP contribution is 2.26. The SMILES string of the molecule is CCCc1nnc(SCC(=O)O)n1-c1cc(Cl)ccc1F. The largest absolute Gasteiger partial charge is 0.481 e. The fourth-order valence-electron chi connectivity index (χ4n) is 1.80. The van der Waals surface area contributed by atoms with Gasteiger partial charge in [0.2, 0.25) is 0 Å². The van der Waals surface area contributed by atoms with Crippen molar-refractivity contribution >= 4 is 29.3 Å². The molecule has 0 fully saturated rings. The number of carbonyl (C=O) groups is 1. The lowest BCUT2D eigenvalue weighted by atomic mass is 10.2. The van der Waals surface area contributed by atoms with E-state index in [1.54, 1.807) is 0 Å². The summed E-state index contributed by atoms with van der Waals surface area (Å²) < 4.78 is 15.6. The third kappa shape index (κ3) is 3.74. The molecule has 1 aromatic heterocycles. The summed E-state index contributed by atoms with van der Waals surface area (Å²) in [5.74, 6) is -1.04. The molecule has 0 amide bonds. The van der Waals surface area contributed by atoms with Crippen molar-refractivity contribution in [3.05, 3.63) is 34.9 Å². The second-order valence-electron chi connectivity index (χ2n) is 4.26. The molecule has 8 heteroatoms. The number of nitrogens with zero attached hydrogens (tertiary/aromatic N) is 3. The van der Waals surface area contributed by atoms with E-state index in [9.17, 15) is 9.18 Å². The number of aliphatic carboxylic acids is 1. The van der Waals surface area contributed by atoms with Gasteiger partial charge in [-0.2, -0.15) is 0 Å². The van der Waals surface area contributed by atoms with Crippen molar-refractivity contribution in [3.8, 4) is 5.69 Å². The van der Waals surface area contributed by atoms with E-state index in [1.807, 2.05) is 6.92 Å². The number of rotatable bonds is 6. The second-order valence-corrected chi connectivity index (χ2v) is 5.64. The third-order valence-electron chi connectivity index (χ3n) is 2.65. The molecule has 0 spiro atoms. The van der Waals surface area contributed by atoms with Gasteiger partial charge in [0.1, 0.15) is 11.6 Å². The van der Waals surface area contributed by atoms with Gasteiger partial charge in [-0.1, -0.05) is 30.3 Å². The summed E-state index contributed by atoms with van der Waals surface area (Å²) in [5.41, 5.74) is 0.226. The Morgan fingerprint density at radius 2 is 2.24 bits per heavy atom. The van der Waals surface area contributed by atoms with Crippen LogP contribution in [-0.4, -0.2) is 31.6 Å². The summed E-state index contributed by atoms with van der Waals surface area (Å²) in [6.45, 7) is 1.97. The van der Waals surface area contributed by atoms with Gasteiger partial charge in [-0.25, -0.2) is 4.39 Å². The van der Waals surface area contributed by atoms with Crippen LogP contribution in [0.2, 0.25) is 5.02 Å². The maximum Gasteiger partial charge on any atom is 0.313 e. The highest BCUT2D eigenvalue weighted by molar-refractivity contribution is 7.99. The van der Waals surface area contributed by atoms with Crippen molar-refractivity contribution in [1.82, 2.24) is 14.8 Å². The molecule has 0 aliphatic carbocycles. The molecular formula is C13H13ClFN3O2S. The Bertz CT molecular complexity index is 663. The van der Waals surface area contributed by atoms with Gasteiger partial charge in [0.15, 0.2) is 5.16 Å². The van der Waals surface area contributed by atoms with Crippen molar-refractivity contribution in [2.45, 2.75) is 24.9 Å². The molecule has 1 heterocycles. The number of hydrogen-bond acceptors (Lipinski definition) is 4. The van der Waals surface area contributed by atoms with Gasteiger partial charge in [0, 0.05) is 11.4 Å². The van der Waals surface area contributed by atoms with Crippen molar-refractivity contribution < 1.29 is 14.3 Å². The van der Waals surface area contributed by atoms with Crippen LogP contribution in [-0.2, 0) is 11.2 Å². The van der Waals surface area contributed by atoms with Crippen LogP contribution in [0.5, 0.6) is 0 Å². The molecule has 21 heavy (non-hydrogen) atoms. The first-order chi connectivity index (χ1) is 10.0. The maximum absolute atomic E-state index is 14.1. The Hall–Kier alpha value is -1.60. The minimum Gasteiger partial charge on any atom is -0.481 e. The van der Waals surface area contributed by atoms with Crippen LogP contribution in [0, 0.1) is 5.82 Å². The number of aromatic nitrogens is 3. The standard InChI is InChI=1S/C13H13ClFN3O2S/c1-2-3-11-16-17-13(21-7-12(19)20)18(11)10-6-8(14)4-5-9(10)15/h4-6H,2-3,7H2,1H3,(H,19,20). The van der Waals surface area contributed by atoms with E-state index < -0.39 is 11.8 Å². The summed E-state index contributed by atoms with van der Waals surface area (Å²) in [4.78, 5) is 10.7. The Morgan fingerprint density at radius 3 is 2.90 bits per heavy atom. The molecule has 0 aliphatic heterocycles. The van der Waals surface area contributed by atoms with Crippen LogP contribution < -0.4 is 0 Å². The number of carboxylic acids is 1. The predicted molar refractivity (Wildman–Crippen MR) is 78.7 cm³/mol. The molecule has 1 N–H and O–H groups in total. The van der Waals surface area contributed by atoms with E-state index in [1.165, 1.54) is 22.8 Å². The molecule has 0 saturated carbocycles. The summed E-state index contributed by atoms with van der Waals surface area (Å²) in [6.07, 6.45) is 1.41. The van der Waals surface area contributed by atoms with Crippen LogP contribution in [0.3, 0.4) is 0 Å². The predicted octanol–water partition coefficient (Wildman–Crippen LogP) is 3.19. The van der Waals surface area contributed by atoms with Crippen molar-refractivity contribution in [3.63, 3.8) is 0 Å². The van der Waals surface area contributed by atoms with E-state index in [-0.39, 0.29) is 11.4 Å². The van der Waals surface area contributed by atoms with Gasteiger partial charge in [-0.05, 0) is 24.6 Å². The van der Waals surface area contributed by atoms with E-state index in [4.69, 9.17) is 16.7 Å². The quantitative estimate of drug-likeness (QED) is 0.824. The van der Waals surface area contributed by atoms with Crippen molar-refractivity contribution in [2.24, 2.45) is 0 Å². The lowest BCUT2D eigenvalue weighted by Gasteiger charge is -2.10. The van der Waals surface area contributed by atoms with Crippen LogP contribution >= 0.6 is 23.4 Å². The summed E-state index contributed by atoms with van der Waals surface area (Å²) >= 11 is 6.91. The minimum absolute atomic E-state index is 0.174. The Balaban J connectivity index is 2.49. The maximum atomic E-state index is 14.1. The highest BCUT2D eigenvalue weighted by Gasteiger charge is 2.18. The first-order valence-corrected chi connectivity index (χ1v) is 7.63. The van der Waals surface area contributed by atoms with Crippen LogP contribution in [0.15, 0.2) is 23.4 Å². The van der Waals surface area contributed by atoms with Gasteiger partial charge in [-0.3, -0.25) is 9.36 Å². The lowest BCUT2D eigenvalue weighted by molar-refractivity contribution is -0.133. The van der Waals surface area contributed by atoms with E-state index >= 15 is 0 Å². The fraction of sp³-hybridized carbons (Fsp3) is 0.308. The van der Waals surface area contributed by atoms with Crippen LogP contribution in [0.25, 0.3) is 5.69 Å². The van der Waals surface area contributed by atoms with Crippen LogP contribution in [0.4, 0.5) is 4.39 Å². The molecule has 0 radical (unpaired) electrons. The van der Waals surface area contributed by atoms with E-state index in [0.717, 1.165) is 18.2 Å². The highest BCUT2D eigenvalue weighted by atomic mass is 35.5. The van der Waals surface area contributed by atoms with Gasteiger partial charge in [0.25, 0.3) is 0 Å². The second kappa shape index (κ2) is 6.91. The molecule has 0 bridgehead atoms. The van der Waals surface area contributed by atoms with Gasteiger partial charge in [0.05, 0.1) is 11.4 Å². The summed E-state index contributed by atoms with van der Waals surface area (Å²) in [6, 6.07) is 4.19. The Morgan fingerprint density at radius 1 is 1.48 bits per heavy atom. The van der Waals surface area contributed by atoms with E-state index in [0.29, 0.717) is 22.4 Å².